The topological polar surface area (TPSA) is 52.7 Å². The van der Waals surface area contributed by atoms with E-state index in [0.717, 1.165) is 31.6 Å². The summed E-state index contributed by atoms with van der Waals surface area (Å²) in [6.45, 7) is 1.46. The second kappa shape index (κ2) is 7.89. The molecule has 146 valence electrons. The zero-order chi connectivity index (χ0) is 19.7. The number of likely N-dealkylation sites (tertiary alicyclic amines) is 1. The van der Waals surface area contributed by atoms with Crippen molar-refractivity contribution in [1.82, 2.24) is 4.90 Å². The zero-order valence-corrected chi connectivity index (χ0v) is 16.0. The van der Waals surface area contributed by atoms with Gasteiger partial charge in [0.25, 0.3) is 5.91 Å². The van der Waals surface area contributed by atoms with Crippen molar-refractivity contribution in [2.75, 3.05) is 23.3 Å². The molecule has 0 radical (unpaired) electrons. The number of carbonyl (C=O) groups is 2. The standard InChI is InChI=1S/C21H21ClFN3O2/c22-14-2-1-3-18(12-14)26-20(27)13-19(21(26)28)25-10-8-17(9-11-25)24-16-6-4-15(23)5-7-16/h1-7,12,17,19,24H,8-11,13H2/t19-/m0/s1. The molecular weight excluding hydrogens is 381 g/mol. The molecule has 2 saturated heterocycles. The number of nitrogens with zero attached hydrogens (tertiary/aromatic N) is 2. The number of benzene rings is 2. The summed E-state index contributed by atoms with van der Waals surface area (Å²) >= 11 is 6.01. The SMILES string of the molecule is O=C1C[C@H](N2CCC(Nc3ccc(F)cc3)CC2)C(=O)N1c1cccc(Cl)c1. The number of imide groups is 1. The second-order valence-electron chi connectivity index (χ2n) is 7.23. The minimum absolute atomic E-state index is 0.183. The van der Waals surface area contributed by atoms with Crippen molar-refractivity contribution in [3.63, 3.8) is 0 Å². The van der Waals surface area contributed by atoms with E-state index in [1.165, 1.54) is 17.0 Å². The highest BCUT2D eigenvalue weighted by atomic mass is 35.5. The first kappa shape index (κ1) is 18.9. The third-order valence-corrected chi connectivity index (χ3v) is 5.61. The Balaban J connectivity index is 1.37. The number of amides is 2. The van der Waals surface area contributed by atoms with Crippen LogP contribution in [-0.2, 0) is 9.59 Å². The summed E-state index contributed by atoms with van der Waals surface area (Å²) in [5.41, 5.74) is 1.41. The quantitative estimate of drug-likeness (QED) is 0.794. The fourth-order valence-electron chi connectivity index (χ4n) is 3.92. The number of rotatable bonds is 4. The number of piperidine rings is 1. The second-order valence-corrected chi connectivity index (χ2v) is 7.67. The first-order valence-electron chi connectivity index (χ1n) is 9.40. The summed E-state index contributed by atoms with van der Waals surface area (Å²) in [4.78, 5) is 28.7. The minimum Gasteiger partial charge on any atom is -0.382 e. The minimum atomic E-state index is -0.418. The maximum atomic E-state index is 13.0. The Morgan fingerprint density at radius 2 is 1.75 bits per heavy atom. The van der Waals surface area contributed by atoms with E-state index < -0.39 is 6.04 Å². The van der Waals surface area contributed by atoms with E-state index in [0.29, 0.717) is 10.7 Å². The third-order valence-electron chi connectivity index (χ3n) is 5.37. The molecule has 5 nitrogen and oxygen atoms in total. The largest absolute Gasteiger partial charge is 0.382 e. The molecule has 2 aliphatic heterocycles. The number of carbonyl (C=O) groups excluding carboxylic acids is 2. The van der Waals surface area contributed by atoms with Crippen molar-refractivity contribution in [2.24, 2.45) is 0 Å². The number of nitrogens with one attached hydrogen (secondary N) is 1. The van der Waals surface area contributed by atoms with Crippen molar-refractivity contribution in [3.05, 3.63) is 59.4 Å². The number of anilines is 2. The molecule has 1 atom stereocenters. The molecule has 28 heavy (non-hydrogen) atoms. The summed E-state index contributed by atoms with van der Waals surface area (Å²) in [5, 5.41) is 3.90. The maximum Gasteiger partial charge on any atom is 0.251 e. The van der Waals surface area contributed by atoms with Gasteiger partial charge in [0.2, 0.25) is 5.91 Å². The highest BCUT2D eigenvalue weighted by molar-refractivity contribution is 6.31. The maximum absolute atomic E-state index is 13.0. The molecule has 0 aromatic heterocycles. The third kappa shape index (κ3) is 3.88. The Hall–Kier alpha value is -2.44. The van der Waals surface area contributed by atoms with Crippen molar-refractivity contribution in [2.45, 2.75) is 31.3 Å². The molecule has 2 aromatic rings. The molecule has 2 heterocycles. The first-order chi connectivity index (χ1) is 13.5. The molecular formula is C21H21ClFN3O2. The van der Waals surface area contributed by atoms with Crippen molar-refractivity contribution in [3.8, 4) is 0 Å². The molecule has 0 saturated carbocycles. The molecule has 0 spiro atoms. The highest BCUT2D eigenvalue weighted by Gasteiger charge is 2.43. The molecule has 7 heteroatoms. The van der Waals surface area contributed by atoms with Crippen LogP contribution in [0.3, 0.4) is 0 Å². The summed E-state index contributed by atoms with van der Waals surface area (Å²) in [7, 11) is 0. The van der Waals surface area contributed by atoms with Crippen LogP contribution < -0.4 is 10.2 Å². The van der Waals surface area contributed by atoms with Gasteiger partial charge in [-0.1, -0.05) is 17.7 Å². The lowest BCUT2D eigenvalue weighted by Crippen LogP contribution is -2.48. The number of hydrogen-bond donors (Lipinski definition) is 1. The van der Waals surface area contributed by atoms with Gasteiger partial charge in [-0.3, -0.25) is 14.5 Å². The van der Waals surface area contributed by atoms with E-state index in [2.05, 4.69) is 10.2 Å². The Labute approximate surface area is 168 Å². The molecule has 1 N–H and O–H groups in total. The predicted octanol–water partition coefficient (Wildman–Crippen LogP) is 3.69. The van der Waals surface area contributed by atoms with Crippen LogP contribution >= 0.6 is 11.6 Å². The lowest BCUT2D eigenvalue weighted by Gasteiger charge is -2.35. The van der Waals surface area contributed by atoms with Gasteiger partial charge in [0.05, 0.1) is 18.2 Å². The van der Waals surface area contributed by atoms with Crippen LogP contribution in [0.4, 0.5) is 15.8 Å². The lowest BCUT2D eigenvalue weighted by atomic mass is 10.0. The van der Waals surface area contributed by atoms with Crippen LogP contribution in [0.25, 0.3) is 0 Å². The zero-order valence-electron chi connectivity index (χ0n) is 15.3. The molecule has 2 aromatic carbocycles. The molecule has 2 amide bonds. The van der Waals surface area contributed by atoms with Crippen molar-refractivity contribution < 1.29 is 14.0 Å². The molecule has 0 bridgehead atoms. The molecule has 0 unspecified atom stereocenters. The molecule has 4 rings (SSSR count). The lowest BCUT2D eigenvalue weighted by molar-refractivity contribution is -0.123. The summed E-state index contributed by atoms with van der Waals surface area (Å²) in [6.07, 6.45) is 1.90. The van der Waals surface area contributed by atoms with Crippen LogP contribution in [-0.4, -0.2) is 41.9 Å². The first-order valence-corrected chi connectivity index (χ1v) is 9.77. The Morgan fingerprint density at radius 3 is 2.43 bits per heavy atom. The fourth-order valence-corrected chi connectivity index (χ4v) is 4.11. The summed E-state index contributed by atoms with van der Waals surface area (Å²) in [6, 6.07) is 13.0. The predicted molar refractivity (Wildman–Crippen MR) is 107 cm³/mol. The van der Waals surface area contributed by atoms with Crippen LogP contribution in [0, 0.1) is 5.82 Å². The highest BCUT2D eigenvalue weighted by Crippen LogP contribution is 2.29. The van der Waals surface area contributed by atoms with E-state index in [1.54, 1.807) is 36.4 Å². The van der Waals surface area contributed by atoms with E-state index in [-0.39, 0.29) is 30.1 Å². The van der Waals surface area contributed by atoms with E-state index in [9.17, 15) is 14.0 Å². The smallest absolute Gasteiger partial charge is 0.251 e. The molecule has 2 aliphatic rings. The Morgan fingerprint density at radius 1 is 1.04 bits per heavy atom. The molecule has 0 aliphatic carbocycles. The van der Waals surface area contributed by atoms with Gasteiger partial charge in [-0.2, -0.15) is 0 Å². The van der Waals surface area contributed by atoms with Gasteiger partial charge < -0.3 is 5.32 Å². The average Bonchev–Trinajstić information content (AvgIpc) is 2.98. The summed E-state index contributed by atoms with van der Waals surface area (Å²) < 4.78 is 13.0. The van der Waals surface area contributed by atoms with Crippen LogP contribution in [0.15, 0.2) is 48.5 Å². The van der Waals surface area contributed by atoms with Gasteiger partial charge in [-0.25, -0.2) is 9.29 Å². The Kier molecular flexibility index (Phi) is 5.33. The van der Waals surface area contributed by atoms with E-state index in [4.69, 9.17) is 11.6 Å². The van der Waals surface area contributed by atoms with Gasteiger partial charge in [0.1, 0.15) is 5.82 Å². The van der Waals surface area contributed by atoms with E-state index >= 15 is 0 Å². The molecule has 2 fully saturated rings. The summed E-state index contributed by atoms with van der Waals surface area (Å²) in [5.74, 6) is -0.630. The van der Waals surface area contributed by atoms with Gasteiger partial charge in [0, 0.05) is 29.8 Å². The van der Waals surface area contributed by atoms with Crippen LogP contribution in [0.1, 0.15) is 19.3 Å². The fraction of sp³-hybridized carbons (Fsp3) is 0.333. The van der Waals surface area contributed by atoms with Gasteiger partial charge in [0.15, 0.2) is 0 Å². The van der Waals surface area contributed by atoms with Gasteiger partial charge in [-0.05, 0) is 55.3 Å². The van der Waals surface area contributed by atoms with Crippen molar-refractivity contribution in [1.29, 1.82) is 0 Å². The number of halogens is 2. The average molecular weight is 402 g/mol. The normalized spacial score (nSPS) is 21.4. The monoisotopic (exact) mass is 401 g/mol. The van der Waals surface area contributed by atoms with Crippen LogP contribution in [0.5, 0.6) is 0 Å². The van der Waals surface area contributed by atoms with Gasteiger partial charge in [-0.15, -0.1) is 0 Å². The van der Waals surface area contributed by atoms with Crippen molar-refractivity contribution >= 4 is 34.8 Å². The van der Waals surface area contributed by atoms with Crippen LogP contribution in [0.2, 0.25) is 5.02 Å². The Bertz CT molecular complexity index is 881. The van der Waals surface area contributed by atoms with E-state index in [1.807, 2.05) is 0 Å². The van der Waals surface area contributed by atoms with Gasteiger partial charge >= 0.3 is 0 Å². The number of hydrogen-bond acceptors (Lipinski definition) is 4.